The van der Waals surface area contributed by atoms with Crippen LogP contribution in [0.15, 0.2) is 6.20 Å². The first-order chi connectivity index (χ1) is 7.04. The summed E-state index contributed by atoms with van der Waals surface area (Å²) < 4.78 is 0. The Morgan fingerprint density at radius 2 is 2.20 bits per heavy atom. The van der Waals surface area contributed by atoms with E-state index in [0.717, 1.165) is 0 Å². The number of rotatable bonds is 5. The van der Waals surface area contributed by atoms with Gasteiger partial charge in [-0.15, -0.1) is 0 Å². The molecule has 0 aliphatic heterocycles. The third-order valence-corrected chi connectivity index (χ3v) is 2.04. The lowest BCUT2D eigenvalue weighted by molar-refractivity contribution is -0.145. The summed E-state index contributed by atoms with van der Waals surface area (Å²) in [6, 6.07) is 0. The van der Waals surface area contributed by atoms with Crippen molar-refractivity contribution < 1.29 is 19.8 Å². The number of hydrogen-bond acceptors (Lipinski definition) is 3. The number of imidazole rings is 1. The molecule has 0 saturated carbocycles. The zero-order valence-corrected chi connectivity index (χ0v) is 8.23. The van der Waals surface area contributed by atoms with Crippen LogP contribution < -0.4 is 0 Å². The van der Waals surface area contributed by atoms with Gasteiger partial charge in [0.2, 0.25) is 0 Å². The molecule has 1 rings (SSSR count). The molecule has 0 amide bonds. The van der Waals surface area contributed by atoms with Crippen molar-refractivity contribution in [2.45, 2.75) is 25.7 Å². The lowest BCUT2D eigenvalue weighted by atomic mass is 10.0. The van der Waals surface area contributed by atoms with Crippen LogP contribution >= 0.6 is 0 Å². The smallest absolute Gasteiger partial charge is 0.313 e. The summed E-state index contributed by atoms with van der Waals surface area (Å²) in [5.74, 6) is -2.71. The van der Waals surface area contributed by atoms with Crippen LogP contribution in [-0.2, 0) is 16.0 Å². The molecule has 0 fully saturated rings. The quantitative estimate of drug-likeness (QED) is 0.663. The monoisotopic (exact) mass is 212 g/mol. The van der Waals surface area contributed by atoms with Gasteiger partial charge in [0, 0.05) is 18.3 Å². The summed E-state index contributed by atoms with van der Waals surface area (Å²) in [5.41, 5.74) is 0.335. The molecule has 82 valence electrons. The molecular formula is C9H12N2O4. The molecule has 1 aromatic rings. The van der Waals surface area contributed by atoms with Gasteiger partial charge in [0.1, 0.15) is 11.7 Å². The molecule has 3 N–H and O–H groups in total. The minimum absolute atomic E-state index is 0.335. The van der Waals surface area contributed by atoms with Crippen LogP contribution in [0.1, 0.15) is 30.8 Å². The molecular weight excluding hydrogens is 200 g/mol. The highest BCUT2D eigenvalue weighted by Gasteiger charge is 2.24. The summed E-state index contributed by atoms with van der Waals surface area (Å²) in [6.45, 7) is 1.87. The van der Waals surface area contributed by atoms with Gasteiger partial charge < -0.3 is 15.2 Å². The zero-order valence-electron chi connectivity index (χ0n) is 8.23. The van der Waals surface area contributed by atoms with Gasteiger partial charge in [-0.1, -0.05) is 6.92 Å². The molecule has 1 atom stereocenters. The van der Waals surface area contributed by atoms with Crippen molar-refractivity contribution in [1.29, 1.82) is 0 Å². The second-order valence-electron chi connectivity index (χ2n) is 3.13. The fraction of sp³-hybridized carbons (Fsp3) is 0.444. The van der Waals surface area contributed by atoms with Crippen molar-refractivity contribution in [1.82, 2.24) is 9.97 Å². The van der Waals surface area contributed by atoms with E-state index in [1.165, 1.54) is 6.20 Å². The number of H-pyrrole nitrogens is 1. The topological polar surface area (TPSA) is 103 Å². The highest BCUT2D eigenvalue weighted by atomic mass is 16.4. The molecule has 0 aliphatic rings. The molecule has 1 aromatic heterocycles. The van der Waals surface area contributed by atoms with E-state index in [1.807, 2.05) is 6.92 Å². The summed E-state index contributed by atoms with van der Waals surface area (Å²) >= 11 is 0. The number of hydrogen-bond donors (Lipinski definition) is 3. The Morgan fingerprint density at radius 1 is 1.53 bits per heavy atom. The van der Waals surface area contributed by atoms with E-state index in [4.69, 9.17) is 10.2 Å². The van der Waals surface area contributed by atoms with Crippen molar-refractivity contribution in [2.24, 2.45) is 0 Å². The minimum atomic E-state index is -1.16. The summed E-state index contributed by atoms with van der Waals surface area (Å²) in [5, 5.41) is 17.4. The third-order valence-electron chi connectivity index (χ3n) is 2.04. The highest BCUT2D eigenvalue weighted by molar-refractivity contribution is 5.81. The Balaban J connectivity index is 2.88. The maximum Gasteiger partial charge on any atom is 0.313 e. The van der Waals surface area contributed by atoms with E-state index >= 15 is 0 Å². The van der Waals surface area contributed by atoms with Crippen molar-refractivity contribution in [3.05, 3.63) is 17.7 Å². The molecule has 0 spiro atoms. The maximum absolute atomic E-state index is 10.8. The second kappa shape index (κ2) is 4.59. The number of carboxylic acid groups (broad SMARTS) is 2. The van der Waals surface area contributed by atoms with Crippen LogP contribution in [0.4, 0.5) is 0 Å². The number of aromatic amines is 1. The van der Waals surface area contributed by atoms with Crippen molar-refractivity contribution >= 4 is 11.9 Å². The summed E-state index contributed by atoms with van der Waals surface area (Å²) in [4.78, 5) is 28.0. The number of carbonyl (C=O) groups is 2. The van der Waals surface area contributed by atoms with Gasteiger partial charge >= 0.3 is 11.9 Å². The van der Waals surface area contributed by atoms with Gasteiger partial charge in [-0.2, -0.15) is 0 Å². The first-order valence-corrected chi connectivity index (χ1v) is 4.53. The van der Waals surface area contributed by atoms with Gasteiger partial charge in [-0.3, -0.25) is 9.59 Å². The van der Waals surface area contributed by atoms with Crippen LogP contribution in [0.5, 0.6) is 0 Å². The maximum atomic E-state index is 10.8. The first-order valence-electron chi connectivity index (χ1n) is 4.53. The molecule has 6 heteroatoms. The number of aryl methyl sites for hydroxylation is 1. The highest BCUT2D eigenvalue weighted by Crippen LogP contribution is 2.18. The van der Waals surface area contributed by atoms with E-state index in [-0.39, 0.29) is 0 Å². The van der Waals surface area contributed by atoms with Crippen molar-refractivity contribution in [3.63, 3.8) is 0 Å². The number of nitrogens with zero attached hydrogens (tertiary/aromatic N) is 1. The Morgan fingerprint density at radius 3 is 2.60 bits per heavy atom. The number of aliphatic carboxylic acids is 2. The Hall–Kier alpha value is -1.85. The molecule has 15 heavy (non-hydrogen) atoms. The van der Waals surface area contributed by atoms with Crippen LogP contribution in [0.3, 0.4) is 0 Å². The van der Waals surface area contributed by atoms with Gasteiger partial charge in [-0.25, -0.2) is 4.98 Å². The standard InChI is InChI=1S/C9H12N2O4/c1-2-7-10-4-6(11-7)5(9(14)15)3-8(12)13/h4-5H,2-3H2,1H3,(H,10,11)(H,12,13)(H,14,15). The van der Waals surface area contributed by atoms with Gasteiger partial charge in [-0.05, 0) is 0 Å². The van der Waals surface area contributed by atoms with E-state index < -0.39 is 24.3 Å². The molecule has 1 unspecified atom stereocenters. The molecule has 0 aromatic carbocycles. The third kappa shape index (κ3) is 2.80. The van der Waals surface area contributed by atoms with Crippen molar-refractivity contribution in [3.8, 4) is 0 Å². The van der Waals surface area contributed by atoms with Gasteiger partial charge in [0.15, 0.2) is 0 Å². The lowest BCUT2D eigenvalue weighted by Gasteiger charge is -2.06. The zero-order chi connectivity index (χ0) is 11.4. The van der Waals surface area contributed by atoms with Gasteiger partial charge in [0.25, 0.3) is 0 Å². The average molecular weight is 212 g/mol. The predicted octanol–water partition coefficient (Wildman–Crippen LogP) is 0.615. The number of aromatic nitrogens is 2. The first kappa shape index (κ1) is 11.2. The number of nitrogens with one attached hydrogen (secondary N) is 1. The second-order valence-corrected chi connectivity index (χ2v) is 3.13. The van der Waals surface area contributed by atoms with E-state index in [2.05, 4.69) is 9.97 Å². The average Bonchev–Trinajstić information content (AvgIpc) is 2.61. The Labute approximate surface area is 86.0 Å². The summed E-state index contributed by atoms with van der Waals surface area (Å²) in [6.07, 6.45) is 1.58. The SMILES string of the molecule is CCc1ncc(C(CC(=O)O)C(=O)O)[nH]1. The van der Waals surface area contributed by atoms with E-state index in [0.29, 0.717) is 17.9 Å². The molecule has 0 saturated heterocycles. The normalized spacial score (nSPS) is 12.3. The lowest BCUT2D eigenvalue weighted by Crippen LogP contribution is -2.16. The van der Waals surface area contributed by atoms with Crippen LogP contribution in [-0.4, -0.2) is 32.1 Å². The Kier molecular flexibility index (Phi) is 3.43. The van der Waals surface area contributed by atoms with E-state index in [9.17, 15) is 9.59 Å². The van der Waals surface area contributed by atoms with Crippen molar-refractivity contribution in [2.75, 3.05) is 0 Å². The molecule has 1 heterocycles. The number of carboxylic acids is 2. The predicted molar refractivity (Wildman–Crippen MR) is 50.6 cm³/mol. The molecule has 0 bridgehead atoms. The molecule has 0 radical (unpaired) electrons. The Bertz CT molecular complexity index is 372. The fourth-order valence-electron chi connectivity index (χ4n) is 1.24. The molecule has 6 nitrogen and oxygen atoms in total. The minimum Gasteiger partial charge on any atom is -0.481 e. The van der Waals surface area contributed by atoms with Crippen LogP contribution in [0.25, 0.3) is 0 Å². The van der Waals surface area contributed by atoms with E-state index in [1.54, 1.807) is 0 Å². The van der Waals surface area contributed by atoms with Crippen LogP contribution in [0, 0.1) is 0 Å². The largest absolute Gasteiger partial charge is 0.481 e. The van der Waals surface area contributed by atoms with Gasteiger partial charge in [0.05, 0.1) is 6.42 Å². The fourth-order valence-corrected chi connectivity index (χ4v) is 1.24. The molecule has 0 aliphatic carbocycles. The summed E-state index contributed by atoms with van der Waals surface area (Å²) in [7, 11) is 0. The van der Waals surface area contributed by atoms with Crippen LogP contribution in [0.2, 0.25) is 0 Å².